The molecule has 22 heavy (non-hydrogen) atoms. The van der Waals surface area contributed by atoms with Crippen LogP contribution in [0.15, 0.2) is 30.5 Å². The van der Waals surface area contributed by atoms with E-state index in [0.29, 0.717) is 30.9 Å². The summed E-state index contributed by atoms with van der Waals surface area (Å²) in [6.07, 6.45) is 2.31. The summed E-state index contributed by atoms with van der Waals surface area (Å²) in [5, 5.41) is 16.8. The summed E-state index contributed by atoms with van der Waals surface area (Å²) in [5.41, 5.74) is 0.453. The van der Waals surface area contributed by atoms with Gasteiger partial charge in [0.1, 0.15) is 0 Å². The SMILES string of the molecule is C=C(C)C(=O)NCCCNC(=O)c1nnn(-c2ccc[nH]2)n1. The minimum atomic E-state index is -0.413. The van der Waals surface area contributed by atoms with Crippen LogP contribution in [-0.2, 0) is 4.79 Å². The number of amides is 2. The van der Waals surface area contributed by atoms with Crippen molar-refractivity contribution in [3.05, 3.63) is 36.3 Å². The number of carbonyl (C=O) groups excluding carboxylic acids is 2. The van der Waals surface area contributed by atoms with Crippen LogP contribution in [0.25, 0.3) is 5.82 Å². The van der Waals surface area contributed by atoms with Crippen LogP contribution in [0.4, 0.5) is 0 Å². The molecule has 2 aromatic rings. The molecule has 2 heterocycles. The third-order valence-electron chi connectivity index (χ3n) is 2.73. The fourth-order valence-electron chi connectivity index (χ4n) is 1.57. The number of aromatic amines is 1. The Morgan fingerprint density at radius 3 is 2.82 bits per heavy atom. The Kier molecular flexibility index (Phi) is 5.02. The lowest BCUT2D eigenvalue weighted by molar-refractivity contribution is -0.117. The van der Waals surface area contributed by atoms with Crippen molar-refractivity contribution >= 4 is 11.8 Å². The fourth-order valence-corrected chi connectivity index (χ4v) is 1.57. The Bertz CT molecular complexity index is 660. The van der Waals surface area contributed by atoms with Crippen LogP contribution in [0.1, 0.15) is 24.0 Å². The van der Waals surface area contributed by atoms with Crippen LogP contribution in [-0.4, -0.2) is 50.1 Å². The molecule has 0 aliphatic carbocycles. The second-order valence-electron chi connectivity index (χ2n) is 4.60. The molecule has 9 nitrogen and oxygen atoms in total. The first-order valence-electron chi connectivity index (χ1n) is 6.73. The van der Waals surface area contributed by atoms with Gasteiger partial charge in [-0.2, -0.15) is 0 Å². The van der Waals surface area contributed by atoms with Gasteiger partial charge in [0, 0.05) is 24.9 Å². The van der Waals surface area contributed by atoms with Crippen molar-refractivity contribution in [2.45, 2.75) is 13.3 Å². The van der Waals surface area contributed by atoms with Gasteiger partial charge in [-0.15, -0.1) is 15.0 Å². The number of tetrazole rings is 1. The summed E-state index contributed by atoms with van der Waals surface area (Å²) in [5.74, 6) is 0.000506. The highest BCUT2D eigenvalue weighted by Crippen LogP contribution is 1.99. The van der Waals surface area contributed by atoms with Crippen molar-refractivity contribution in [2.75, 3.05) is 13.1 Å². The normalized spacial score (nSPS) is 10.2. The van der Waals surface area contributed by atoms with Crippen molar-refractivity contribution < 1.29 is 9.59 Å². The van der Waals surface area contributed by atoms with Gasteiger partial charge >= 0.3 is 0 Å². The Balaban J connectivity index is 1.74. The third kappa shape index (κ3) is 4.01. The van der Waals surface area contributed by atoms with E-state index in [9.17, 15) is 9.59 Å². The minimum Gasteiger partial charge on any atom is -0.352 e. The molecule has 0 bridgehead atoms. The molecule has 0 fully saturated rings. The van der Waals surface area contributed by atoms with Crippen LogP contribution in [0.2, 0.25) is 0 Å². The third-order valence-corrected chi connectivity index (χ3v) is 2.73. The summed E-state index contributed by atoms with van der Waals surface area (Å²) in [6.45, 7) is 6.02. The molecule has 0 spiro atoms. The number of hydrogen-bond acceptors (Lipinski definition) is 5. The van der Waals surface area contributed by atoms with Crippen LogP contribution in [0.3, 0.4) is 0 Å². The Morgan fingerprint density at radius 1 is 1.36 bits per heavy atom. The number of H-pyrrole nitrogens is 1. The molecule has 116 valence electrons. The lowest BCUT2D eigenvalue weighted by atomic mass is 10.3. The first-order chi connectivity index (χ1) is 10.6. The van der Waals surface area contributed by atoms with E-state index in [0.717, 1.165) is 0 Å². The molecule has 0 saturated heterocycles. The molecule has 9 heteroatoms. The van der Waals surface area contributed by atoms with Crippen molar-refractivity contribution in [3.8, 4) is 5.82 Å². The maximum atomic E-state index is 11.8. The molecule has 0 radical (unpaired) electrons. The highest BCUT2D eigenvalue weighted by Gasteiger charge is 2.13. The van der Waals surface area contributed by atoms with E-state index in [4.69, 9.17) is 0 Å². The van der Waals surface area contributed by atoms with Crippen molar-refractivity contribution in [1.82, 2.24) is 35.8 Å². The summed E-state index contributed by atoms with van der Waals surface area (Å²) in [4.78, 5) is 27.2. The standard InChI is InChI=1S/C13H17N7O2/c1-9(2)12(21)15-7-4-8-16-13(22)11-17-19-20(18-11)10-5-3-6-14-10/h3,5-6,14H,1,4,7-8H2,2H3,(H,15,21)(H,16,22). The highest BCUT2D eigenvalue weighted by atomic mass is 16.2. The van der Waals surface area contributed by atoms with Gasteiger partial charge in [-0.25, -0.2) is 0 Å². The van der Waals surface area contributed by atoms with Gasteiger partial charge in [0.2, 0.25) is 5.91 Å². The van der Waals surface area contributed by atoms with Gasteiger partial charge in [-0.1, -0.05) is 6.58 Å². The first-order valence-corrected chi connectivity index (χ1v) is 6.73. The average molecular weight is 303 g/mol. The van der Waals surface area contributed by atoms with E-state index in [1.54, 1.807) is 25.3 Å². The number of aromatic nitrogens is 5. The van der Waals surface area contributed by atoms with Crippen LogP contribution >= 0.6 is 0 Å². The molecule has 3 N–H and O–H groups in total. The fraction of sp³-hybridized carbons (Fsp3) is 0.308. The quantitative estimate of drug-likeness (QED) is 0.484. The van der Waals surface area contributed by atoms with E-state index in [2.05, 4.69) is 37.6 Å². The second-order valence-corrected chi connectivity index (χ2v) is 4.60. The summed E-state index contributed by atoms with van der Waals surface area (Å²) in [6, 6.07) is 3.55. The Morgan fingerprint density at radius 2 is 2.14 bits per heavy atom. The second kappa shape index (κ2) is 7.16. The molecule has 0 aliphatic heterocycles. The van der Waals surface area contributed by atoms with Gasteiger partial charge in [0.05, 0.1) is 0 Å². The zero-order valence-electron chi connectivity index (χ0n) is 12.2. The number of nitrogens with one attached hydrogen (secondary N) is 3. The predicted octanol–water partition coefficient (Wildman–Crippen LogP) is -0.197. The molecule has 2 amide bonds. The summed E-state index contributed by atoms with van der Waals surface area (Å²) >= 11 is 0. The maximum absolute atomic E-state index is 11.8. The zero-order chi connectivity index (χ0) is 15.9. The largest absolute Gasteiger partial charge is 0.352 e. The number of carbonyl (C=O) groups is 2. The number of rotatable bonds is 7. The van der Waals surface area contributed by atoms with E-state index in [1.165, 1.54) is 4.80 Å². The summed E-state index contributed by atoms with van der Waals surface area (Å²) in [7, 11) is 0. The minimum absolute atomic E-state index is 0.0134. The van der Waals surface area contributed by atoms with Crippen LogP contribution in [0.5, 0.6) is 0 Å². The van der Waals surface area contributed by atoms with Gasteiger partial charge in [-0.3, -0.25) is 9.59 Å². The molecule has 0 aromatic carbocycles. The van der Waals surface area contributed by atoms with E-state index >= 15 is 0 Å². The lowest BCUT2D eigenvalue weighted by Crippen LogP contribution is -2.30. The number of hydrogen-bond donors (Lipinski definition) is 3. The Hall–Kier alpha value is -2.97. The van der Waals surface area contributed by atoms with Crippen molar-refractivity contribution in [1.29, 1.82) is 0 Å². The van der Waals surface area contributed by atoms with Gasteiger partial charge in [0.15, 0.2) is 5.82 Å². The summed E-state index contributed by atoms with van der Waals surface area (Å²) < 4.78 is 0. The molecular weight excluding hydrogens is 286 g/mol. The monoisotopic (exact) mass is 303 g/mol. The molecule has 2 rings (SSSR count). The van der Waals surface area contributed by atoms with Crippen molar-refractivity contribution in [2.24, 2.45) is 0 Å². The highest BCUT2D eigenvalue weighted by molar-refractivity contribution is 5.92. The average Bonchev–Trinajstić information content (AvgIpc) is 3.16. The zero-order valence-corrected chi connectivity index (χ0v) is 12.2. The topological polar surface area (TPSA) is 118 Å². The molecule has 0 aliphatic rings. The lowest BCUT2D eigenvalue weighted by Gasteiger charge is -2.04. The number of nitrogens with zero attached hydrogens (tertiary/aromatic N) is 4. The van der Waals surface area contributed by atoms with E-state index < -0.39 is 5.91 Å². The van der Waals surface area contributed by atoms with Crippen molar-refractivity contribution in [3.63, 3.8) is 0 Å². The van der Waals surface area contributed by atoms with Crippen LogP contribution < -0.4 is 10.6 Å². The molecule has 0 saturated carbocycles. The molecule has 0 atom stereocenters. The smallest absolute Gasteiger partial charge is 0.292 e. The van der Waals surface area contributed by atoms with Gasteiger partial charge < -0.3 is 15.6 Å². The van der Waals surface area contributed by atoms with E-state index in [-0.39, 0.29) is 11.7 Å². The Labute approximate surface area is 126 Å². The maximum Gasteiger partial charge on any atom is 0.292 e. The predicted molar refractivity (Wildman–Crippen MR) is 78.3 cm³/mol. The van der Waals surface area contributed by atoms with Gasteiger partial charge in [0.25, 0.3) is 11.7 Å². The van der Waals surface area contributed by atoms with E-state index in [1.807, 2.05) is 0 Å². The molecule has 0 unspecified atom stereocenters. The van der Waals surface area contributed by atoms with Crippen LogP contribution in [0, 0.1) is 0 Å². The van der Waals surface area contributed by atoms with Gasteiger partial charge in [-0.05, 0) is 30.7 Å². The first kappa shape index (κ1) is 15.4. The molecule has 2 aromatic heterocycles. The molecular formula is C13H17N7O2.